The van der Waals surface area contributed by atoms with Gasteiger partial charge in [0.2, 0.25) is 5.91 Å². The number of phenols is 2. The fourth-order valence-corrected chi connectivity index (χ4v) is 4.36. The maximum absolute atomic E-state index is 12.2. The number of hydrogen-bond donors (Lipinski definition) is 4. The van der Waals surface area contributed by atoms with Crippen LogP contribution in [0.1, 0.15) is 30.7 Å². The number of aromatic hydroxyl groups is 2. The van der Waals surface area contributed by atoms with Gasteiger partial charge in [0.1, 0.15) is 21.9 Å². The van der Waals surface area contributed by atoms with E-state index in [2.05, 4.69) is 4.98 Å². The van der Waals surface area contributed by atoms with Crippen molar-refractivity contribution in [3.8, 4) is 22.8 Å². The smallest absolute Gasteiger partial charge is 0.230 e. The second-order valence-corrected chi connectivity index (χ2v) is 7.17. The zero-order valence-electron chi connectivity index (χ0n) is 13.1. The van der Waals surface area contributed by atoms with E-state index in [1.54, 1.807) is 11.4 Å². The molecule has 1 saturated carbocycles. The fraction of sp³-hybridized carbons (Fsp3) is 0.412. The molecule has 0 radical (unpaired) electrons. The molecule has 3 rings (SSSR count). The standard InChI is InChI=1S/C17H20N2O4S/c18-15(23)17(5-3-10(8-20)4-6-17)16-19-13(9-24-16)12-2-1-11(21)7-14(12)22/h1-2,7,9-10,20-22H,3-6,8H2,(H2,18,23). The Labute approximate surface area is 143 Å². The number of carbonyl (C=O) groups excluding carboxylic acids is 1. The van der Waals surface area contributed by atoms with Gasteiger partial charge in [-0.1, -0.05) is 0 Å². The van der Waals surface area contributed by atoms with E-state index in [4.69, 9.17) is 5.73 Å². The van der Waals surface area contributed by atoms with E-state index in [0.717, 1.165) is 12.8 Å². The van der Waals surface area contributed by atoms with Gasteiger partial charge in [0, 0.05) is 23.6 Å². The van der Waals surface area contributed by atoms with Crippen LogP contribution in [0, 0.1) is 5.92 Å². The number of carbonyl (C=O) groups is 1. The predicted molar refractivity (Wildman–Crippen MR) is 90.8 cm³/mol. The summed E-state index contributed by atoms with van der Waals surface area (Å²) < 4.78 is 0. The van der Waals surface area contributed by atoms with Crippen LogP contribution in [-0.4, -0.2) is 32.8 Å². The molecular formula is C17H20N2O4S. The maximum atomic E-state index is 12.2. The Kier molecular flexibility index (Phi) is 4.47. The Balaban J connectivity index is 1.94. The number of benzene rings is 1. The topological polar surface area (TPSA) is 117 Å². The van der Waals surface area contributed by atoms with Gasteiger partial charge < -0.3 is 21.1 Å². The molecule has 0 bridgehead atoms. The van der Waals surface area contributed by atoms with E-state index < -0.39 is 11.3 Å². The molecule has 7 heteroatoms. The number of primary amides is 1. The number of nitrogens with zero attached hydrogens (tertiary/aromatic N) is 1. The first-order valence-corrected chi connectivity index (χ1v) is 8.73. The third-order valence-corrected chi connectivity index (χ3v) is 5.91. The summed E-state index contributed by atoms with van der Waals surface area (Å²) in [6, 6.07) is 4.32. The third-order valence-electron chi connectivity index (χ3n) is 4.86. The van der Waals surface area contributed by atoms with Crippen LogP contribution in [0.3, 0.4) is 0 Å². The van der Waals surface area contributed by atoms with E-state index in [-0.39, 0.29) is 24.0 Å². The molecule has 1 aliphatic carbocycles. The number of hydrogen-bond acceptors (Lipinski definition) is 6. The van der Waals surface area contributed by atoms with Gasteiger partial charge in [0.25, 0.3) is 0 Å². The number of aliphatic hydroxyl groups is 1. The molecule has 2 aromatic rings. The van der Waals surface area contributed by atoms with Crippen molar-refractivity contribution in [1.29, 1.82) is 0 Å². The van der Waals surface area contributed by atoms with Crippen molar-refractivity contribution in [2.45, 2.75) is 31.1 Å². The Morgan fingerprint density at radius 2 is 2.04 bits per heavy atom. The van der Waals surface area contributed by atoms with Gasteiger partial charge in [-0.05, 0) is 43.7 Å². The van der Waals surface area contributed by atoms with Crippen LogP contribution < -0.4 is 5.73 Å². The van der Waals surface area contributed by atoms with E-state index >= 15 is 0 Å². The van der Waals surface area contributed by atoms with Crippen molar-refractivity contribution in [2.75, 3.05) is 6.61 Å². The lowest BCUT2D eigenvalue weighted by Crippen LogP contribution is -2.44. The van der Waals surface area contributed by atoms with Crippen LogP contribution in [0.2, 0.25) is 0 Å². The van der Waals surface area contributed by atoms with Gasteiger partial charge in [0.15, 0.2) is 0 Å². The van der Waals surface area contributed by atoms with Gasteiger partial charge in [-0.25, -0.2) is 4.98 Å². The van der Waals surface area contributed by atoms with Crippen molar-refractivity contribution in [3.63, 3.8) is 0 Å². The summed E-state index contributed by atoms with van der Waals surface area (Å²) in [6.07, 6.45) is 2.61. The van der Waals surface area contributed by atoms with Gasteiger partial charge in [-0.2, -0.15) is 0 Å². The van der Waals surface area contributed by atoms with E-state index in [9.17, 15) is 20.1 Å². The number of phenolic OH excluding ortho intramolecular Hbond substituents is 2. The lowest BCUT2D eigenvalue weighted by atomic mass is 9.70. The molecule has 1 aromatic carbocycles. The molecule has 1 fully saturated rings. The minimum absolute atomic E-state index is 0.0253. The number of nitrogens with two attached hydrogens (primary N) is 1. The molecule has 0 spiro atoms. The molecule has 5 N–H and O–H groups in total. The molecule has 1 aromatic heterocycles. The average Bonchev–Trinajstić information content (AvgIpc) is 3.04. The molecule has 1 heterocycles. The van der Waals surface area contributed by atoms with Crippen LogP contribution in [0.25, 0.3) is 11.3 Å². The lowest BCUT2D eigenvalue weighted by molar-refractivity contribution is -0.125. The number of rotatable bonds is 4. The maximum Gasteiger partial charge on any atom is 0.230 e. The first-order valence-electron chi connectivity index (χ1n) is 7.85. The van der Waals surface area contributed by atoms with Crippen LogP contribution in [0.5, 0.6) is 11.5 Å². The van der Waals surface area contributed by atoms with Crippen molar-refractivity contribution < 1.29 is 20.1 Å². The number of amides is 1. The zero-order valence-corrected chi connectivity index (χ0v) is 13.9. The van der Waals surface area contributed by atoms with Crippen LogP contribution in [0.15, 0.2) is 23.6 Å². The number of thiazole rings is 1. The van der Waals surface area contributed by atoms with E-state index in [1.807, 2.05) is 0 Å². The second kappa shape index (κ2) is 6.41. The molecule has 0 atom stereocenters. The summed E-state index contributed by atoms with van der Waals surface area (Å²) in [4.78, 5) is 16.7. The van der Waals surface area contributed by atoms with Gasteiger partial charge in [-0.3, -0.25) is 4.79 Å². The van der Waals surface area contributed by atoms with Crippen molar-refractivity contribution >= 4 is 17.2 Å². The van der Waals surface area contributed by atoms with E-state index in [0.29, 0.717) is 29.1 Å². The summed E-state index contributed by atoms with van der Waals surface area (Å²) in [6.45, 7) is 0.124. The Hall–Kier alpha value is -2.12. The number of aliphatic hydroxyl groups excluding tert-OH is 1. The monoisotopic (exact) mass is 348 g/mol. The normalized spacial score (nSPS) is 24.0. The van der Waals surface area contributed by atoms with Gasteiger partial charge in [-0.15, -0.1) is 11.3 Å². The average molecular weight is 348 g/mol. The number of aromatic nitrogens is 1. The van der Waals surface area contributed by atoms with Crippen LogP contribution in [0.4, 0.5) is 0 Å². The molecule has 1 amide bonds. The fourth-order valence-electron chi connectivity index (χ4n) is 3.27. The van der Waals surface area contributed by atoms with Gasteiger partial charge >= 0.3 is 0 Å². The second-order valence-electron chi connectivity index (χ2n) is 6.31. The molecule has 0 unspecified atom stereocenters. The SMILES string of the molecule is NC(=O)C1(c2nc(-c3ccc(O)cc3O)cs2)CCC(CO)CC1. The highest BCUT2D eigenvalue weighted by Crippen LogP contribution is 2.44. The molecule has 24 heavy (non-hydrogen) atoms. The van der Waals surface area contributed by atoms with Crippen LogP contribution in [-0.2, 0) is 10.2 Å². The lowest BCUT2D eigenvalue weighted by Gasteiger charge is -2.35. The molecule has 0 aliphatic heterocycles. The Morgan fingerprint density at radius 1 is 1.33 bits per heavy atom. The summed E-state index contributed by atoms with van der Waals surface area (Å²) >= 11 is 1.35. The highest BCUT2D eigenvalue weighted by atomic mass is 32.1. The Bertz CT molecular complexity index is 751. The summed E-state index contributed by atoms with van der Waals surface area (Å²) in [7, 11) is 0. The molecular weight excluding hydrogens is 328 g/mol. The van der Waals surface area contributed by atoms with Crippen molar-refractivity contribution in [2.24, 2.45) is 11.7 Å². The highest BCUT2D eigenvalue weighted by Gasteiger charge is 2.44. The minimum atomic E-state index is -0.804. The third kappa shape index (κ3) is 2.85. The molecule has 128 valence electrons. The van der Waals surface area contributed by atoms with E-state index in [1.165, 1.54) is 23.5 Å². The van der Waals surface area contributed by atoms with Crippen molar-refractivity contribution in [3.05, 3.63) is 28.6 Å². The molecule has 1 aliphatic rings. The first kappa shape index (κ1) is 16.7. The summed E-state index contributed by atoms with van der Waals surface area (Å²) in [5.41, 5.74) is 5.95. The highest BCUT2D eigenvalue weighted by molar-refractivity contribution is 7.10. The largest absolute Gasteiger partial charge is 0.508 e. The Morgan fingerprint density at radius 3 is 2.62 bits per heavy atom. The first-order chi connectivity index (χ1) is 11.5. The van der Waals surface area contributed by atoms with Crippen molar-refractivity contribution in [1.82, 2.24) is 4.98 Å². The quantitative estimate of drug-likeness (QED) is 0.675. The molecule has 0 saturated heterocycles. The molecule has 6 nitrogen and oxygen atoms in total. The van der Waals surface area contributed by atoms with Gasteiger partial charge in [0.05, 0.1) is 5.69 Å². The summed E-state index contributed by atoms with van der Waals surface area (Å²) in [5, 5.41) is 31.1. The zero-order chi connectivity index (χ0) is 17.3. The van der Waals surface area contributed by atoms with Crippen LogP contribution >= 0.6 is 11.3 Å². The minimum Gasteiger partial charge on any atom is -0.508 e. The summed E-state index contributed by atoms with van der Waals surface area (Å²) in [5.74, 6) is -0.278. The predicted octanol–water partition coefficient (Wildman–Crippen LogP) is 2.13.